The summed E-state index contributed by atoms with van der Waals surface area (Å²) in [5, 5.41) is 0. The number of halogens is 2. The normalized spacial score (nSPS) is 9.91. The van der Waals surface area contributed by atoms with Crippen LogP contribution in [-0.2, 0) is 4.79 Å². The van der Waals surface area contributed by atoms with Crippen LogP contribution < -0.4 is 15.6 Å². The standard InChI is InChI=1S/C15H12BrFN2O3/c16-11-6-2-1-5-10(11)15(21)19-18-14(20)9-22-13-8-4-3-7-12(13)17/h1-8H,9H2,(H,18,20)(H,19,21). The van der Waals surface area contributed by atoms with Gasteiger partial charge in [-0.3, -0.25) is 20.4 Å². The van der Waals surface area contributed by atoms with Crippen molar-refractivity contribution in [3.8, 4) is 5.75 Å². The highest BCUT2D eigenvalue weighted by molar-refractivity contribution is 9.10. The van der Waals surface area contributed by atoms with Gasteiger partial charge in [-0.2, -0.15) is 0 Å². The van der Waals surface area contributed by atoms with Crippen molar-refractivity contribution in [2.24, 2.45) is 0 Å². The second-order valence-corrected chi connectivity index (χ2v) is 5.06. The number of hydrogen-bond donors (Lipinski definition) is 2. The largest absolute Gasteiger partial charge is 0.481 e. The molecule has 2 rings (SSSR count). The van der Waals surface area contributed by atoms with Crippen molar-refractivity contribution < 1.29 is 18.7 Å². The van der Waals surface area contributed by atoms with Crippen LogP contribution in [0, 0.1) is 5.82 Å². The first-order valence-electron chi connectivity index (χ1n) is 6.29. The van der Waals surface area contributed by atoms with Gasteiger partial charge in [0.25, 0.3) is 11.8 Å². The highest BCUT2D eigenvalue weighted by Gasteiger charge is 2.11. The van der Waals surface area contributed by atoms with Crippen LogP contribution in [0.3, 0.4) is 0 Å². The van der Waals surface area contributed by atoms with Crippen molar-refractivity contribution >= 4 is 27.7 Å². The van der Waals surface area contributed by atoms with E-state index in [0.717, 1.165) is 0 Å². The van der Waals surface area contributed by atoms with E-state index in [1.165, 1.54) is 18.2 Å². The first-order valence-corrected chi connectivity index (χ1v) is 7.08. The molecule has 2 amide bonds. The van der Waals surface area contributed by atoms with Crippen molar-refractivity contribution in [3.05, 3.63) is 64.4 Å². The van der Waals surface area contributed by atoms with Gasteiger partial charge in [0.15, 0.2) is 18.2 Å². The summed E-state index contributed by atoms with van der Waals surface area (Å²) in [4.78, 5) is 23.4. The van der Waals surface area contributed by atoms with Crippen LogP contribution in [0.25, 0.3) is 0 Å². The van der Waals surface area contributed by atoms with Crippen molar-refractivity contribution in [2.75, 3.05) is 6.61 Å². The number of para-hydroxylation sites is 1. The number of rotatable bonds is 4. The van der Waals surface area contributed by atoms with Crippen LogP contribution in [0.4, 0.5) is 4.39 Å². The molecule has 22 heavy (non-hydrogen) atoms. The molecular weight excluding hydrogens is 355 g/mol. The summed E-state index contributed by atoms with van der Waals surface area (Å²) in [7, 11) is 0. The predicted molar refractivity (Wildman–Crippen MR) is 81.6 cm³/mol. The number of hydrogen-bond acceptors (Lipinski definition) is 3. The summed E-state index contributed by atoms with van der Waals surface area (Å²) in [6.45, 7) is -0.419. The fourth-order valence-corrected chi connectivity index (χ4v) is 2.05. The maximum Gasteiger partial charge on any atom is 0.276 e. The average Bonchev–Trinajstić information content (AvgIpc) is 2.52. The number of benzene rings is 2. The zero-order valence-corrected chi connectivity index (χ0v) is 12.9. The number of carbonyl (C=O) groups is 2. The molecular formula is C15H12BrFN2O3. The van der Waals surface area contributed by atoms with Gasteiger partial charge in [-0.15, -0.1) is 0 Å². The molecule has 0 bridgehead atoms. The molecule has 0 heterocycles. The molecule has 7 heteroatoms. The molecule has 0 atom stereocenters. The number of nitrogens with one attached hydrogen (secondary N) is 2. The highest BCUT2D eigenvalue weighted by atomic mass is 79.9. The Kier molecular flexibility index (Phi) is 5.48. The second-order valence-electron chi connectivity index (χ2n) is 4.20. The summed E-state index contributed by atoms with van der Waals surface area (Å²) < 4.78 is 18.9. The minimum absolute atomic E-state index is 0.0326. The molecule has 0 saturated carbocycles. The Hall–Kier alpha value is -2.41. The van der Waals surface area contributed by atoms with Gasteiger partial charge in [0.05, 0.1) is 5.56 Å². The van der Waals surface area contributed by atoms with E-state index in [9.17, 15) is 14.0 Å². The number of amides is 2. The smallest absolute Gasteiger partial charge is 0.276 e. The summed E-state index contributed by atoms with van der Waals surface area (Å²) in [6, 6.07) is 12.5. The molecule has 0 unspecified atom stereocenters. The molecule has 2 N–H and O–H groups in total. The van der Waals surface area contributed by atoms with Crippen LogP contribution in [0.15, 0.2) is 53.0 Å². The van der Waals surface area contributed by atoms with Gasteiger partial charge in [-0.1, -0.05) is 24.3 Å². The lowest BCUT2D eigenvalue weighted by atomic mass is 10.2. The Labute approximate surface area is 134 Å². The molecule has 0 radical (unpaired) electrons. The van der Waals surface area contributed by atoms with Crippen molar-refractivity contribution in [1.29, 1.82) is 0 Å². The number of carbonyl (C=O) groups excluding carboxylic acids is 2. The van der Waals surface area contributed by atoms with E-state index in [4.69, 9.17) is 4.74 Å². The fraction of sp³-hybridized carbons (Fsp3) is 0.0667. The van der Waals surface area contributed by atoms with Gasteiger partial charge < -0.3 is 4.74 Å². The lowest BCUT2D eigenvalue weighted by Crippen LogP contribution is -2.43. The minimum Gasteiger partial charge on any atom is -0.481 e. The molecule has 0 aromatic heterocycles. The molecule has 0 aliphatic heterocycles. The molecule has 5 nitrogen and oxygen atoms in total. The summed E-state index contributed by atoms with van der Waals surface area (Å²) >= 11 is 3.23. The monoisotopic (exact) mass is 366 g/mol. The van der Waals surface area contributed by atoms with Crippen molar-refractivity contribution in [2.45, 2.75) is 0 Å². The molecule has 0 spiro atoms. The predicted octanol–water partition coefficient (Wildman–Crippen LogP) is 2.43. The van der Waals surface area contributed by atoms with Crippen LogP contribution in [0.1, 0.15) is 10.4 Å². The Balaban J connectivity index is 1.82. The van der Waals surface area contributed by atoms with Crippen LogP contribution >= 0.6 is 15.9 Å². The quantitative estimate of drug-likeness (QED) is 0.816. The average molecular weight is 367 g/mol. The highest BCUT2D eigenvalue weighted by Crippen LogP contribution is 2.15. The molecule has 0 fully saturated rings. The summed E-state index contributed by atoms with van der Waals surface area (Å²) in [5.41, 5.74) is 4.81. The van der Waals surface area contributed by atoms with Gasteiger partial charge in [0, 0.05) is 4.47 Å². The molecule has 0 saturated heterocycles. The molecule has 0 aliphatic carbocycles. The Morgan fingerprint density at radius 3 is 2.45 bits per heavy atom. The number of ether oxygens (including phenoxy) is 1. The first-order chi connectivity index (χ1) is 10.6. The topological polar surface area (TPSA) is 67.4 Å². The van der Waals surface area contributed by atoms with E-state index in [1.807, 2.05) is 0 Å². The Morgan fingerprint density at radius 1 is 1.05 bits per heavy atom. The second kappa shape index (κ2) is 7.56. The van der Waals surface area contributed by atoms with Crippen LogP contribution in [-0.4, -0.2) is 18.4 Å². The van der Waals surface area contributed by atoms with Crippen molar-refractivity contribution in [1.82, 2.24) is 10.9 Å². The molecule has 114 valence electrons. The zero-order valence-electron chi connectivity index (χ0n) is 11.3. The van der Waals surface area contributed by atoms with Gasteiger partial charge in [-0.05, 0) is 40.2 Å². The van der Waals surface area contributed by atoms with Gasteiger partial charge in [0.1, 0.15) is 0 Å². The maximum absolute atomic E-state index is 13.3. The van der Waals surface area contributed by atoms with Crippen molar-refractivity contribution in [3.63, 3.8) is 0 Å². The maximum atomic E-state index is 13.3. The lowest BCUT2D eigenvalue weighted by molar-refractivity contribution is -0.123. The SMILES string of the molecule is O=C(COc1ccccc1F)NNC(=O)c1ccccc1Br. The van der Waals surface area contributed by atoms with Gasteiger partial charge >= 0.3 is 0 Å². The zero-order chi connectivity index (χ0) is 15.9. The molecule has 2 aromatic rings. The van der Waals surface area contributed by atoms with E-state index >= 15 is 0 Å². The number of hydrazine groups is 1. The minimum atomic E-state index is -0.608. The third-order valence-electron chi connectivity index (χ3n) is 2.63. The third kappa shape index (κ3) is 4.29. The first kappa shape index (κ1) is 16.0. The van der Waals surface area contributed by atoms with Crippen LogP contribution in [0.5, 0.6) is 5.75 Å². The van der Waals surface area contributed by atoms with E-state index in [-0.39, 0.29) is 5.75 Å². The fourth-order valence-electron chi connectivity index (χ4n) is 1.58. The summed E-state index contributed by atoms with van der Waals surface area (Å²) in [5.74, 6) is -1.68. The molecule has 2 aromatic carbocycles. The van der Waals surface area contributed by atoms with E-state index < -0.39 is 24.2 Å². The van der Waals surface area contributed by atoms with Gasteiger partial charge in [-0.25, -0.2) is 4.39 Å². The Morgan fingerprint density at radius 2 is 1.73 bits per heavy atom. The van der Waals surface area contributed by atoms with E-state index in [0.29, 0.717) is 10.0 Å². The molecule has 0 aliphatic rings. The van der Waals surface area contributed by atoms with E-state index in [2.05, 4.69) is 26.8 Å². The third-order valence-corrected chi connectivity index (χ3v) is 3.32. The summed E-state index contributed by atoms with van der Waals surface area (Å²) in [6.07, 6.45) is 0. The van der Waals surface area contributed by atoms with Gasteiger partial charge in [0.2, 0.25) is 0 Å². The van der Waals surface area contributed by atoms with Crippen LogP contribution in [0.2, 0.25) is 0 Å². The lowest BCUT2D eigenvalue weighted by Gasteiger charge is -2.09. The van der Waals surface area contributed by atoms with E-state index in [1.54, 1.807) is 30.3 Å². The Bertz CT molecular complexity index is 694.